The van der Waals surface area contributed by atoms with Crippen LogP contribution in [0.2, 0.25) is 0 Å². The van der Waals surface area contributed by atoms with Crippen molar-refractivity contribution < 1.29 is 13.2 Å². The summed E-state index contributed by atoms with van der Waals surface area (Å²) in [5.41, 5.74) is 0.648. The van der Waals surface area contributed by atoms with E-state index in [2.05, 4.69) is 22.4 Å². The maximum absolute atomic E-state index is 12.5. The number of methoxy groups -OCH3 is 1. The molecule has 0 aliphatic rings. The number of likely N-dealkylation sites (N-methyl/N-ethyl adjacent to an activating group) is 1. The molecule has 1 atom stereocenters. The smallest absolute Gasteiger partial charge is 0.260 e. The number of nitrogens with zero attached hydrogens (tertiary/aromatic N) is 2. The Morgan fingerprint density at radius 3 is 2.85 bits per heavy atom. The predicted molar refractivity (Wildman–Crippen MR) is 76.9 cm³/mol. The maximum Gasteiger partial charge on any atom is 0.260 e. The zero-order valence-electron chi connectivity index (χ0n) is 12.5. The SMILES string of the molecule is CCCNCc1cn[nH]c1S(=O)(=O)N(C)C(C)COC. The molecule has 1 aromatic heterocycles. The third kappa shape index (κ3) is 4.02. The summed E-state index contributed by atoms with van der Waals surface area (Å²) in [5, 5.41) is 9.76. The molecule has 2 N–H and O–H groups in total. The van der Waals surface area contributed by atoms with Crippen LogP contribution in [0.1, 0.15) is 25.8 Å². The number of hydrogen-bond acceptors (Lipinski definition) is 5. The lowest BCUT2D eigenvalue weighted by Crippen LogP contribution is -2.38. The van der Waals surface area contributed by atoms with Crippen LogP contribution in [0.3, 0.4) is 0 Å². The van der Waals surface area contributed by atoms with Crippen molar-refractivity contribution >= 4 is 10.0 Å². The topological polar surface area (TPSA) is 87.3 Å². The van der Waals surface area contributed by atoms with Gasteiger partial charge in [0.2, 0.25) is 0 Å². The minimum atomic E-state index is -3.59. The Kier molecular flexibility index (Phi) is 6.60. The van der Waals surface area contributed by atoms with Gasteiger partial charge in [-0.05, 0) is 19.9 Å². The Morgan fingerprint density at radius 1 is 1.55 bits per heavy atom. The molecule has 1 heterocycles. The Labute approximate surface area is 120 Å². The van der Waals surface area contributed by atoms with Crippen LogP contribution in [0.5, 0.6) is 0 Å². The van der Waals surface area contributed by atoms with E-state index < -0.39 is 10.0 Å². The van der Waals surface area contributed by atoms with E-state index in [1.54, 1.807) is 27.3 Å². The second kappa shape index (κ2) is 7.72. The molecule has 0 radical (unpaired) electrons. The van der Waals surface area contributed by atoms with Crippen LogP contribution in [0.15, 0.2) is 11.2 Å². The molecule has 0 fully saturated rings. The highest BCUT2D eigenvalue weighted by atomic mass is 32.2. The third-order valence-electron chi connectivity index (χ3n) is 3.09. The van der Waals surface area contributed by atoms with Gasteiger partial charge < -0.3 is 10.1 Å². The molecule has 0 aliphatic carbocycles. The summed E-state index contributed by atoms with van der Waals surface area (Å²) in [6, 6.07) is -0.246. The van der Waals surface area contributed by atoms with Crippen molar-refractivity contribution in [3.8, 4) is 0 Å². The highest BCUT2D eigenvalue weighted by Crippen LogP contribution is 2.18. The fourth-order valence-corrected chi connectivity index (χ4v) is 3.22. The molecule has 116 valence electrons. The van der Waals surface area contributed by atoms with Gasteiger partial charge in [-0.15, -0.1) is 0 Å². The van der Waals surface area contributed by atoms with E-state index in [1.165, 1.54) is 4.31 Å². The minimum Gasteiger partial charge on any atom is -0.383 e. The van der Waals surface area contributed by atoms with Crippen molar-refractivity contribution in [2.75, 3.05) is 27.3 Å². The van der Waals surface area contributed by atoms with Gasteiger partial charge in [-0.3, -0.25) is 5.10 Å². The second-order valence-electron chi connectivity index (χ2n) is 4.73. The first-order valence-corrected chi connectivity index (χ1v) is 8.09. The monoisotopic (exact) mass is 304 g/mol. The minimum absolute atomic E-state index is 0.145. The second-order valence-corrected chi connectivity index (χ2v) is 6.66. The number of ether oxygens (including phenoxy) is 1. The van der Waals surface area contributed by atoms with Crippen LogP contribution in [0.25, 0.3) is 0 Å². The molecule has 0 saturated heterocycles. The lowest BCUT2D eigenvalue weighted by atomic mass is 10.3. The van der Waals surface area contributed by atoms with Gasteiger partial charge in [-0.2, -0.15) is 9.40 Å². The first-order chi connectivity index (χ1) is 9.45. The summed E-state index contributed by atoms with van der Waals surface area (Å²) in [4.78, 5) is 0. The van der Waals surface area contributed by atoms with Gasteiger partial charge in [-0.25, -0.2) is 8.42 Å². The van der Waals surface area contributed by atoms with Gasteiger partial charge in [0.15, 0.2) is 5.03 Å². The molecule has 1 rings (SSSR count). The summed E-state index contributed by atoms with van der Waals surface area (Å²) in [7, 11) is -0.496. The molecule has 0 bridgehead atoms. The zero-order valence-corrected chi connectivity index (χ0v) is 13.3. The van der Waals surface area contributed by atoms with E-state index in [0.717, 1.165) is 13.0 Å². The zero-order chi connectivity index (χ0) is 15.2. The van der Waals surface area contributed by atoms with Crippen LogP contribution >= 0.6 is 0 Å². The van der Waals surface area contributed by atoms with Gasteiger partial charge in [0, 0.05) is 32.3 Å². The van der Waals surface area contributed by atoms with Crippen molar-refractivity contribution in [1.82, 2.24) is 19.8 Å². The summed E-state index contributed by atoms with van der Waals surface area (Å²) in [6.07, 6.45) is 2.54. The van der Waals surface area contributed by atoms with Gasteiger partial charge >= 0.3 is 0 Å². The number of rotatable bonds is 9. The lowest BCUT2D eigenvalue weighted by molar-refractivity contribution is 0.149. The Hall–Kier alpha value is -0.960. The molecule has 1 aromatic rings. The van der Waals surface area contributed by atoms with Crippen LogP contribution in [-0.2, 0) is 21.3 Å². The first-order valence-electron chi connectivity index (χ1n) is 6.65. The average Bonchev–Trinajstić information content (AvgIpc) is 2.87. The van der Waals surface area contributed by atoms with Crippen molar-refractivity contribution in [1.29, 1.82) is 0 Å². The largest absolute Gasteiger partial charge is 0.383 e. The summed E-state index contributed by atoms with van der Waals surface area (Å²) in [5.74, 6) is 0. The maximum atomic E-state index is 12.5. The van der Waals surface area contributed by atoms with Crippen molar-refractivity contribution in [3.05, 3.63) is 11.8 Å². The molecule has 0 spiro atoms. The predicted octanol–water partition coefficient (Wildman–Crippen LogP) is 0.565. The van der Waals surface area contributed by atoms with E-state index >= 15 is 0 Å². The van der Waals surface area contributed by atoms with Crippen molar-refractivity contribution in [2.24, 2.45) is 0 Å². The summed E-state index contributed by atoms with van der Waals surface area (Å²) >= 11 is 0. The fraction of sp³-hybridized carbons (Fsp3) is 0.750. The molecule has 0 saturated carbocycles. The third-order valence-corrected chi connectivity index (χ3v) is 5.07. The molecule has 8 heteroatoms. The quantitative estimate of drug-likeness (QED) is 0.651. The van der Waals surface area contributed by atoms with E-state index in [9.17, 15) is 8.42 Å². The fourth-order valence-electron chi connectivity index (χ4n) is 1.78. The van der Waals surface area contributed by atoms with Gasteiger partial charge in [-0.1, -0.05) is 6.92 Å². The Balaban J connectivity index is 2.89. The molecular weight excluding hydrogens is 280 g/mol. The van der Waals surface area contributed by atoms with Crippen molar-refractivity contribution in [3.63, 3.8) is 0 Å². The molecule has 0 aromatic carbocycles. The van der Waals surface area contributed by atoms with Gasteiger partial charge in [0.1, 0.15) is 0 Å². The van der Waals surface area contributed by atoms with Crippen LogP contribution in [0, 0.1) is 0 Å². The standard InChI is InChI=1S/C12H24N4O3S/c1-5-6-13-7-11-8-14-15-12(11)20(17,18)16(3)10(2)9-19-4/h8,10,13H,5-7,9H2,1-4H3,(H,14,15). The highest BCUT2D eigenvalue weighted by molar-refractivity contribution is 7.89. The molecule has 7 nitrogen and oxygen atoms in total. The number of nitrogens with one attached hydrogen (secondary N) is 2. The van der Waals surface area contributed by atoms with Crippen LogP contribution < -0.4 is 5.32 Å². The van der Waals surface area contributed by atoms with E-state index in [1.807, 2.05) is 0 Å². The number of sulfonamides is 1. The molecule has 1 unspecified atom stereocenters. The number of H-pyrrole nitrogens is 1. The van der Waals surface area contributed by atoms with E-state index in [-0.39, 0.29) is 11.1 Å². The van der Waals surface area contributed by atoms with Crippen molar-refractivity contribution in [2.45, 2.75) is 37.9 Å². The van der Waals surface area contributed by atoms with Gasteiger partial charge in [0.25, 0.3) is 10.0 Å². The van der Waals surface area contributed by atoms with Crippen LogP contribution in [0.4, 0.5) is 0 Å². The molecule has 0 amide bonds. The Bertz CT molecular complexity index is 501. The normalized spacial score (nSPS) is 13.8. The average molecular weight is 304 g/mol. The van der Waals surface area contributed by atoms with E-state index in [0.29, 0.717) is 18.7 Å². The number of aromatic nitrogens is 2. The van der Waals surface area contributed by atoms with Gasteiger partial charge in [0.05, 0.1) is 12.8 Å². The van der Waals surface area contributed by atoms with Crippen LogP contribution in [-0.4, -0.2) is 56.3 Å². The summed E-state index contributed by atoms with van der Waals surface area (Å²) in [6.45, 7) is 5.51. The number of aromatic amines is 1. The highest BCUT2D eigenvalue weighted by Gasteiger charge is 2.29. The first kappa shape index (κ1) is 17.1. The Morgan fingerprint density at radius 2 is 2.25 bits per heavy atom. The molecule has 0 aliphatic heterocycles. The van der Waals surface area contributed by atoms with E-state index in [4.69, 9.17) is 4.74 Å². The number of hydrogen-bond donors (Lipinski definition) is 2. The summed E-state index contributed by atoms with van der Waals surface area (Å²) < 4.78 is 31.4. The lowest BCUT2D eigenvalue weighted by Gasteiger charge is -2.23. The molecular formula is C12H24N4O3S. The molecule has 20 heavy (non-hydrogen) atoms.